The Labute approximate surface area is 128 Å². The van der Waals surface area contributed by atoms with Crippen molar-refractivity contribution in [2.75, 3.05) is 6.61 Å². The van der Waals surface area contributed by atoms with E-state index in [-0.39, 0.29) is 17.7 Å². The first-order valence-corrected chi connectivity index (χ1v) is 7.27. The van der Waals surface area contributed by atoms with Gasteiger partial charge >= 0.3 is 11.9 Å². The molecule has 6 nitrogen and oxygen atoms in total. The van der Waals surface area contributed by atoms with E-state index in [0.29, 0.717) is 15.9 Å². The van der Waals surface area contributed by atoms with Crippen LogP contribution >= 0.6 is 35.0 Å². The van der Waals surface area contributed by atoms with Crippen molar-refractivity contribution in [3.8, 4) is 0 Å². The van der Waals surface area contributed by atoms with Crippen molar-refractivity contribution < 1.29 is 13.9 Å². The Kier molecular flexibility index (Phi) is 5.22. The Morgan fingerprint density at radius 3 is 2.95 bits per heavy atom. The van der Waals surface area contributed by atoms with Gasteiger partial charge in [-0.3, -0.25) is 0 Å². The van der Waals surface area contributed by atoms with E-state index in [4.69, 9.17) is 32.4 Å². The van der Waals surface area contributed by atoms with E-state index >= 15 is 0 Å². The normalized spacial score (nSPS) is 10.6. The first-order valence-electron chi connectivity index (χ1n) is 5.53. The molecule has 0 aromatic carbocycles. The number of hydrogen-bond donors (Lipinski definition) is 0. The number of esters is 1. The summed E-state index contributed by atoms with van der Waals surface area (Å²) >= 11 is 13.0. The Morgan fingerprint density at radius 2 is 2.25 bits per heavy atom. The van der Waals surface area contributed by atoms with Gasteiger partial charge in [-0.2, -0.15) is 0 Å². The molecule has 106 valence electrons. The second-order valence-corrected chi connectivity index (χ2v) is 5.20. The second kappa shape index (κ2) is 6.92. The molecule has 2 aromatic heterocycles. The molecule has 0 N–H and O–H groups in total. The molecule has 0 saturated heterocycles. The summed E-state index contributed by atoms with van der Waals surface area (Å²) in [5, 5.41) is 8.42. The molecule has 0 aliphatic carbocycles. The van der Waals surface area contributed by atoms with Gasteiger partial charge in [0.05, 0.1) is 6.61 Å². The van der Waals surface area contributed by atoms with Crippen molar-refractivity contribution in [1.82, 2.24) is 15.2 Å². The minimum atomic E-state index is -0.641. The van der Waals surface area contributed by atoms with Crippen LogP contribution in [0.25, 0.3) is 0 Å². The highest BCUT2D eigenvalue weighted by atomic mass is 35.5. The Hall–Kier alpha value is -1.31. The van der Waals surface area contributed by atoms with Crippen molar-refractivity contribution in [2.24, 2.45) is 0 Å². The van der Waals surface area contributed by atoms with Crippen LogP contribution in [-0.2, 0) is 10.5 Å². The van der Waals surface area contributed by atoms with Crippen LogP contribution in [0.4, 0.5) is 0 Å². The number of carbonyl (C=O) groups excluding carboxylic acids is 1. The van der Waals surface area contributed by atoms with Gasteiger partial charge in [-0.25, -0.2) is 9.78 Å². The highest BCUT2D eigenvalue weighted by Crippen LogP contribution is 2.26. The van der Waals surface area contributed by atoms with Gasteiger partial charge in [-0.1, -0.05) is 40.1 Å². The minimum absolute atomic E-state index is 0.172. The topological polar surface area (TPSA) is 78.1 Å². The minimum Gasteiger partial charge on any atom is -0.459 e. The second-order valence-electron chi connectivity index (χ2n) is 3.48. The van der Waals surface area contributed by atoms with E-state index in [2.05, 4.69) is 15.2 Å². The smallest absolute Gasteiger partial charge is 0.396 e. The lowest BCUT2D eigenvalue weighted by Gasteiger charge is -2.01. The molecule has 20 heavy (non-hydrogen) atoms. The zero-order chi connectivity index (χ0) is 14.5. The molecule has 0 spiro atoms. The molecule has 0 unspecified atom stereocenters. The molecular formula is C11H9Cl2N3O3S. The van der Waals surface area contributed by atoms with Crippen LogP contribution in [0.2, 0.25) is 10.2 Å². The summed E-state index contributed by atoms with van der Waals surface area (Å²) < 4.78 is 9.91. The highest BCUT2D eigenvalue weighted by molar-refractivity contribution is 7.98. The molecule has 2 aromatic rings. The number of carbonyl (C=O) groups is 1. The average Bonchev–Trinajstić information content (AvgIpc) is 2.87. The molecule has 0 atom stereocenters. The van der Waals surface area contributed by atoms with Crippen LogP contribution in [0, 0.1) is 0 Å². The van der Waals surface area contributed by atoms with Crippen LogP contribution in [0.5, 0.6) is 0 Å². The van der Waals surface area contributed by atoms with E-state index in [0.717, 1.165) is 5.56 Å². The molecule has 2 heterocycles. The fourth-order valence-corrected chi connectivity index (χ4v) is 2.48. The van der Waals surface area contributed by atoms with Crippen LogP contribution in [0.15, 0.2) is 21.9 Å². The van der Waals surface area contributed by atoms with Crippen molar-refractivity contribution in [3.63, 3.8) is 0 Å². The number of nitrogens with zero attached hydrogens (tertiary/aromatic N) is 3. The molecule has 0 radical (unpaired) electrons. The zero-order valence-electron chi connectivity index (χ0n) is 10.3. The van der Waals surface area contributed by atoms with Gasteiger partial charge in [0.15, 0.2) is 0 Å². The number of aromatic nitrogens is 3. The third-order valence-corrected chi connectivity index (χ3v) is 3.53. The fraction of sp³-hybridized carbons (Fsp3) is 0.273. The lowest BCUT2D eigenvalue weighted by atomic mass is 10.3. The summed E-state index contributed by atoms with van der Waals surface area (Å²) in [5.74, 6) is -0.347. The molecule has 9 heteroatoms. The zero-order valence-corrected chi connectivity index (χ0v) is 12.6. The van der Waals surface area contributed by atoms with Gasteiger partial charge in [0.2, 0.25) is 0 Å². The van der Waals surface area contributed by atoms with Crippen LogP contribution < -0.4 is 0 Å². The van der Waals surface area contributed by atoms with Crippen LogP contribution in [0.3, 0.4) is 0 Å². The summed E-state index contributed by atoms with van der Waals surface area (Å²) in [6.45, 7) is 1.94. The molecule has 0 fully saturated rings. The summed E-state index contributed by atoms with van der Waals surface area (Å²) in [4.78, 5) is 15.3. The molecule has 0 amide bonds. The molecule has 2 rings (SSSR count). The van der Waals surface area contributed by atoms with E-state index in [1.165, 1.54) is 11.8 Å². The maximum absolute atomic E-state index is 11.4. The van der Waals surface area contributed by atoms with Gasteiger partial charge in [0.1, 0.15) is 5.15 Å². The van der Waals surface area contributed by atoms with Gasteiger partial charge < -0.3 is 9.15 Å². The standard InChI is InChI=1S/C11H9Cl2N3O3S/c1-2-18-10(17)9-15-16-11(19-9)20-5-6-4-14-8(13)3-7(6)12/h3-4H,2,5H2,1H3. The van der Waals surface area contributed by atoms with Gasteiger partial charge in [-0.15, -0.1) is 5.10 Å². The predicted molar refractivity (Wildman–Crippen MR) is 74.1 cm³/mol. The van der Waals surface area contributed by atoms with Gasteiger partial charge in [-0.05, 0) is 18.6 Å². The third-order valence-electron chi connectivity index (χ3n) is 2.10. The number of halogens is 2. The van der Waals surface area contributed by atoms with Crippen LogP contribution in [0.1, 0.15) is 23.2 Å². The lowest BCUT2D eigenvalue weighted by Crippen LogP contribution is -2.04. The SMILES string of the molecule is CCOC(=O)c1nnc(SCc2cnc(Cl)cc2Cl)o1. The monoisotopic (exact) mass is 333 g/mol. The number of rotatable bonds is 5. The Morgan fingerprint density at radius 1 is 1.45 bits per heavy atom. The van der Waals surface area contributed by atoms with E-state index in [9.17, 15) is 4.79 Å². The number of pyridine rings is 1. The molecule has 0 saturated carbocycles. The summed E-state index contributed by atoms with van der Waals surface area (Å²) in [6, 6.07) is 1.55. The van der Waals surface area contributed by atoms with Crippen molar-refractivity contribution in [1.29, 1.82) is 0 Å². The van der Waals surface area contributed by atoms with Crippen molar-refractivity contribution in [3.05, 3.63) is 33.9 Å². The lowest BCUT2D eigenvalue weighted by molar-refractivity contribution is 0.0475. The summed E-state index contributed by atoms with van der Waals surface area (Å²) in [6.07, 6.45) is 1.57. The molecule has 0 aliphatic rings. The summed E-state index contributed by atoms with van der Waals surface area (Å²) in [5.41, 5.74) is 0.775. The van der Waals surface area contributed by atoms with Crippen molar-refractivity contribution in [2.45, 2.75) is 17.9 Å². The highest BCUT2D eigenvalue weighted by Gasteiger charge is 2.16. The van der Waals surface area contributed by atoms with Gasteiger partial charge in [0.25, 0.3) is 5.22 Å². The number of hydrogen-bond acceptors (Lipinski definition) is 7. The molecule has 0 aliphatic heterocycles. The average molecular weight is 334 g/mol. The Bertz CT molecular complexity index is 621. The van der Waals surface area contributed by atoms with E-state index < -0.39 is 5.97 Å². The van der Waals surface area contributed by atoms with Crippen LogP contribution in [-0.4, -0.2) is 27.8 Å². The maximum atomic E-state index is 11.4. The number of thioether (sulfide) groups is 1. The predicted octanol–water partition coefficient (Wildman–Crippen LogP) is 3.24. The first kappa shape index (κ1) is 15.1. The number of ether oxygens (including phenoxy) is 1. The largest absolute Gasteiger partial charge is 0.459 e. The Balaban J connectivity index is 1.99. The molecule has 0 bridgehead atoms. The third kappa shape index (κ3) is 3.84. The fourth-order valence-electron chi connectivity index (χ4n) is 1.22. The first-order chi connectivity index (χ1) is 9.60. The van der Waals surface area contributed by atoms with Gasteiger partial charge in [0, 0.05) is 17.0 Å². The quantitative estimate of drug-likeness (QED) is 0.472. The van der Waals surface area contributed by atoms with E-state index in [1.54, 1.807) is 19.2 Å². The maximum Gasteiger partial charge on any atom is 0.396 e. The molecular weight excluding hydrogens is 325 g/mol. The summed E-state index contributed by atoms with van der Waals surface area (Å²) in [7, 11) is 0. The van der Waals surface area contributed by atoms with Crippen molar-refractivity contribution >= 4 is 40.9 Å². The van der Waals surface area contributed by atoms with E-state index in [1.807, 2.05) is 0 Å².